The Morgan fingerprint density at radius 2 is 1.79 bits per heavy atom. The molecule has 4 nitrogen and oxygen atoms in total. The summed E-state index contributed by atoms with van der Waals surface area (Å²) in [6, 6.07) is 10.1. The van der Waals surface area contributed by atoms with Crippen LogP contribution < -0.4 is 4.74 Å². The number of nitrogens with zero attached hydrogens (tertiary/aromatic N) is 2. The van der Waals surface area contributed by atoms with Crippen LogP contribution >= 0.6 is 11.8 Å². The number of hydrogen-bond donors (Lipinski definition) is 1. The van der Waals surface area contributed by atoms with Gasteiger partial charge in [0.2, 0.25) is 0 Å². The molecule has 0 fully saturated rings. The minimum Gasteiger partial charge on any atom is -0.493 e. The highest BCUT2D eigenvalue weighted by Crippen LogP contribution is 2.27. The number of hydrogen-bond acceptors (Lipinski definition) is 4. The lowest BCUT2D eigenvalue weighted by Crippen LogP contribution is -2.02. The number of nitrogens with one attached hydrogen (secondary N) is 1. The van der Waals surface area contributed by atoms with Crippen LogP contribution in [0.3, 0.4) is 0 Å². The summed E-state index contributed by atoms with van der Waals surface area (Å²) in [7, 11) is 0. The fourth-order valence-corrected chi connectivity index (χ4v) is 4.15. The van der Waals surface area contributed by atoms with Crippen LogP contribution in [0, 0.1) is 6.92 Å². The van der Waals surface area contributed by atoms with E-state index in [1.165, 1.54) is 38.5 Å². The summed E-state index contributed by atoms with van der Waals surface area (Å²) in [5.74, 6) is 1.74. The molecule has 0 radical (unpaired) electrons. The number of aromatic amines is 1. The molecule has 2 heterocycles. The maximum atomic E-state index is 6.03. The van der Waals surface area contributed by atoms with Gasteiger partial charge >= 0.3 is 0 Å². The Bertz CT molecular complexity index is 829. The van der Waals surface area contributed by atoms with Crippen molar-refractivity contribution in [2.75, 3.05) is 6.61 Å². The zero-order valence-corrected chi connectivity index (χ0v) is 17.9. The second-order valence-corrected chi connectivity index (χ2v) is 8.16. The number of pyridine rings is 1. The van der Waals surface area contributed by atoms with Crippen LogP contribution in [0.2, 0.25) is 0 Å². The van der Waals surface area contributed by atoms with E-state index in [1.807, 2.05) is 36.5 Å². The van der Waals surface area contributed by atoms with Crippen LogP contribution in [-0.2, 0) is 5.75 Å². The molecule has 2 aromatic heterocycles. The Morgan fingerprint density at radius 3 is 2.61 bits per heavy atom. The van der Waals surface area contributed by atoms with Crippen molar-refractivity contribution in [3.63, 3.8) is 0 Å². The number of H-pyrrole nitrogens is 1. The molecule has 1 aromatic carbocycles. The molecule has 0 aliphatic rings. The molecular weight excluding hydrogens is 366 g/mol. The van der Waals surface area contributed by atoms with Gasteiger partial charge in [-0.2, -0.15) is 0 Å². The van der Waals surface area contributed by atoms with E-state index < -0.39 is 0 Å². The van der Waals surface area contributed by atoms with E-state index in [1.54, 1.807) is 11.8 Å². The standard InChI is InChI=1S/C23H31N3OS/c1-3-4-5-6-7-8-11-16-27-22-14-15-24-21(18(22)2)17-28-23-25-19-12-9-10-13-20(19)26-23/h9-10,12-15H,3-8,11,16-17H2,1-2H3,(H,25,26). The Kier molecular flexibility index (Phi) is 8.22. The lowest BCUT2D eigenvalue weighted by Gasteiger charge is -2.11. The number of fused-ring (bicyclic) bond motifs is 1. The molecule has 28 heavy (non-hydrogen) atoms. The molecule has 0 aliphatic carbocycles. The molecule has 3 rings (SSSR count). The average molecular weight is 398 g/mol. The minimum absolute atomic E-state index is 0.778. The molecule has 0 spiro atoms. The van der Waals surface area contributed by atoms with E-state index in [0.29, 0.717) is 0 Å². The van der Waals surface area contributed by atoms with Crippen molar-refractivity contribution in [2.24, 2.45) is 0 Å². The molecule has 3 aromatic rings. The van der Waals surface area contributed by atoms with Crippen LogP contribution in [0.5, 0.6) is 5.75 Å². The number of para-hydroxylation sites is 2. The molecule has 0 bridgehead atoms. The topological polar surface area (TPSA) is 50.8 Å². The second-order valence-electron chi connectivity index (χ2n) is 7.20. The molecule has 0 atom stereocenters. The fraction of sp³-hybridized carbons (Fsp3) is 0.478. The third kappa shape index (κ3) is 5.99. The van der Waals surface area contributed by atoms with E-state index in [4.69, 9.17) is 4.74 Å². The van der Waals surface area contributed by atoms with Crippen molar-refractivity contribution >= 4 is 22.8 Å². The first-order valence-corrected chi connectivity index (χ1v) is 11.4. The smallest absolute Gasteiger partial charge is 0.166 e. The summed E-state index contributed by atoms with van der Waals surface area (Å²) >= 11 is 1.68. The molecular formula is C23H31N3OS. The third-order valence-electron chi connectivity index (χ3n) is 4.98. The molecule has 0 saturated heterocycles. The first kappa shape index (κ1) is 20.7. The van der Waals surface area contributed by atoms with Crippen molar-refractivity contribution < 1.29 is 4.74 Å². The van der Waals surface area contributed by atoms with Gasteiger partial charge in [-0.05, 0) is 31.5 Å². The fourth-order valence-electron chi connectivity index (χ4n) is 3.24. The van der Waals surface area contributed by atoms with Crippen molar-refractivity contribution in [2.45, 2.75) is 69.7 Å². The van der Waals surface area contributed by atoms with Gasteiger partial charge in [0.1, 0.15) is 5.75 Å². The van der Waals surface area contributed by atoms with Gasteiger partial charge in [0, 0.05) is 17.5 Å². The van der Waals surface area contributed by atoms with E-state index in [9.17, 15) is 0 Å². The van der Waals surface area contributed by atoms with Crippen molar-refractivity contribution in [1.29, 1.82) is 0 Å². The van der Waals surface area contributed by atoms with Gasteiger partial charge in [-0.15, -0.1) is 0 Å². The Labute approximate surface area is 172 Å². The molecule has 1 N–H and O–H groups in total. The molecule has 0 unspecified atom stereocenters. The lowest BCUT2D eigenvalue weighted by atomic mass is 10.1. The maximum Gasteiger partial charge on any atom is 0.166 e. The van der Waals surface area contributed by atoms with Gasteiger partial charge in [-0.1, -0.05) is 69.3 Å². The normalized spacial score (nSPS) is 11.2. The van der Waals surface area contributed by atoms with Crippen LogP contribution in [0.1, 0.15) is 63.1 Å². The Balaban J connectivity index is 1.46. The van der Waals surface area contributed by atoms with Crippen LogP contribution in [0.25, 0.3) is 11.0 Å². The van der Waals surface area contributed by atoms with Crippen LogP contribution in [-0.4, -0.2) is 21.6 Å². The molecule has 0 aliphatic heterocycles. The summed E-state index contributed by atoms with van der Waals surface area (Å²) < 4.78 is 6.03. The summed E-state index contributed by atoms with van der Waals surface area (Å²) in [4.78, 5) is 12.5. The number of rotatable bonds is 12. The Morgan fingerprint density at radius 1 is 1.00 bits per heavy atom. The van der Waals surface area contributed by atoms with Gasteiger partial charge in [-0.25, -0.2) is 4.98 Å². The van der Waals surface area contributed by atoms with Crippen LogP contribution in [0.15, 0.2) is 41.7 Å². The Hall–Kier alpha value is -2.01. The average Bonchev–Trinajstić information content (AvgIpc) is 3.13. The number of aromatic nitrogens is 3. The number of benzene rings is 1. The third-order valence-corrected chi connectivity index (χ3v) is 5.86. The highest BCUT2D eigenvalue weighted by Gasteiger charge is 2.09. The maximum absolute atomic E-state index is 6.03. The quantitative estimate of drug-likeness (QED) is 0.273. The van der Waals surface area contributed by atoms with Crippen molar-refractivity contribution in [3.05, 3.63) is 47.8 Å². The summed E-state index contributed by atoms with van der Waals surface area (Å²) in [5.41, 5.74) is 4.26. The molecule has 150 valence electrons. The predicted octanol–water partition coefficient (Wildman–Crippen LogP) is 6.69. The van der Waals surface area contributed by atoms with E-state index in [0.717, 1.165) is 52.0 Å². The number of imidazole rings is 1. The summed E-state index contributed by atoms with van der Waals surface area (Å²) in [6.45, 7) is 5.14. The zero-order chi connectivity index (χ0) is 19.6. The van der Waals surface area contributed by atoms with Gasteiger partial charge in [0.25, 0.3) is 0 Å². The van der Waals surface area contributed by atoms with E-state index >= 15 is 0 Å². The molecule has 0 saturated carbocycles. The van der Waals surface area contributed by atoms with E-state index in [2.05, 4.69) is 28.8 Å². The highest BCUT2D eigenvalue weighted by atomic mass is 32.2. The number of unbranched alkanes of at least 4 members (excludes halogenated alkanes) is 6. The number of thioether (sulfide) groups is 1. The van der Waals surface area contributed by atoms with Crippen molar-refractivity contribution in [3.8, 4) is 5.75 Å². The van der Waals surface area contributed by atoms with Crippen LogP contribution in [0.4, 0.5) is 0 Å². The van der Waals surface area contributed by atoms with E-state index in [-0.39, 0.29) is 0 Å². The molecule has 5 heteroatoms. The summed E-state index contributed by atoms with van der Waals surface area (Å²) in [5, 5.41) is 0.928. The lowest BCUT2D eigenvalue weighted by molar-refractivity contribution is 0.301. The van der Waals surface area contributed by atoms with Gasteiger partial charge in [0.15, 0.2) is 5.16 Å². The zero-order valence-electron chi connectivity index (χ0n) is 17.0. The van der Waals surface area contributed by atoms with Crippen molar-refractivity contribution in [1.82, 2.24) is 15.0 Å². The largest absolute Gasteiger partial charge is 0.493 e. The van der Waals surface area contributed by atoms with Gasteiger partial charge in [0.05, 0.1) is 23.3 Å². The second kappa shape index (κ2) is 11.1. The first-order valence-electron chi connectivity index (χ1n) is 10.4. The monoisotopic (exact) mass is 397 g/mol. The SMILES string of the molecule is CCCCCCCCCOc1ccnc(CSc2nc3ccccc3[nH]2)c1C. The first-order chi connectivity index (χ1) is 13.8. The minimum atomic E-state index is 0.778. The van der Waals surface area contributed by atoms with Gasteiger partial charge in [-0.3, -0.25) is 4.98 Å². The number of ether oxygens (including phenoxy) is 1. The summed E-state index contributed by atoms with van der Waals surface area (Å²) in [6.07, 6.45) is 10.9. The van der Waals surface area contributed by atoms with Gasteiger partial charge < -0.3 is 9.72 Å². The highest BCUT2D eigenvalue weighted by molar-refractivity contribution is 7.98. The predicted molar refractivity (Wildman–Crippen MR) is 118 cm³/mol. The molecule has 0 amide bonds.